The predicted octanol–water partition coefficient (Wildman–Crippen LogP) is 2.65. The van der Waals surface area contributed by atoms with Crippen LogP contribution in [0.3, 0.4) is 0 Å². The molecule has 0 saturated heterocycles. The summed E-state index contributed by atoms with van der Waals surface area (Å²) in [6, 6.07) is 7.65. The van der Waals surface area contributed by atoms with Gasteiger partial charge in [-0.25, -0.2) is 4.98 Å². The van der Waals surface area contributed by atoms with Crippen molar-refractivity contribution in [2.45, 2.75) is 59.2 Å². The molecular formula is C22H26N6O3. The highest BCUT2D eigenvalue weighted by molar-refractivity contribution is 6.06. The first-order valence-corrected chi connectivity index (χ1v) is 10.6. The Labute approximate surface area is 179 Å². The SMILES string of the molecule is CCCc1noc(Cn2cnc3c4ccccc4n(CC(=O)NC(C)CC)c3c2=O)n1. The third kappa shape index (κ3) is 4.08. The molecule has 31 heavy (non-hydrogen) atoms. The van der Waals surface area contributed by atoms with Crippen LogP contribution in [0.15, 0.2) is 39.9 Å². The van der Waals surface area contributed by atoms with Crippen LogP contribution < -0.4 is 10.9 Å². The van der Waals surface area contributed by atoms with Gasteiger partial charge in [0.25, 0.3) is 5.56 Å². The van der Waals surface area contributed by atoms with Crippen LogP contribution in [0.5, 0.6) is 0 Å². The lowest BCUT2D eigenvalue weighted by Crippen LogP contribution is -2.35. The zero-order valence-electron chi connectivity index (χ0n) is 18.0. The minimum atomic E-state index is -0.257. The molecule has 0 aliphatic rings. The molecule has 0 radical (unpaired) electrons. The molecule has 9 heteroatoms. The molecule has 0 aliphatic carbocycles. The second kappa shape index (κ2) is 8.71. The van der Waals surface area contributed by atoms with Crippen molar-refractivity contribution in [2.75, 3.05) is 0 Å². The first-order valence-electron chi connectivity index (χ1n) is 10.6. The molecule has 1 atom stereocenters. The number of nitrogens with one attached hydrogen (secondary N) is 1. The Morgan fingerprint density at radius 3 is 2.84 bits per heavy atom. The van der Waals surface area contributed by atoms with Gasteiger partial charge in [0, 0.05) is 17.8 Å². The summed E-state index contributed by atoms with van der Waals surface area (Å²) in [6.45, 7) is 6.16. The maximum Gasteiger partial charge on any atom is 0.278 e. The summed E-state index contributed by atoms with van der Waals surface area (Å²) in [7, 11) is 0. The number of hydrogen-bond acceptors (Lipinski definition) is 6. The van der Waals surface area contributed by atoms with Gasteiger partial charge >= 0.3 is 0 Å². The number of aromatic nitrogens is 5. The zero-order chi connectivity index (χ0) is 22.0. The molecule has 0 spiro atoms. The van der Waals surface area contributed by atoms with Crippen LogP contribution in [-0.2, 0) is 24.3 Å². The summed E-state index contributed by atoms with van der Waals surface area (Å²) >= 11 is 0. The highest BCUT2D eigenvalue weighted by Gasteiger charge is 2.19. The van der Waals surface area contributed by atoms with Crippen molar-refractivity contribution < 1.29 is 9.32 Å². The third-order valence-corrected chi connectivity index (χ3v) is 5.34. The van der Waals surface area contributed by atoms with Crippen LogP contribution in [0.25, 0.3) is 21.9 Å². The minimum Gasteiger partial charge on any atom is -0.352 e. The number of nitrogens with zero attached hydrogens (tertiary/aromatic N) is 5. The number of carbonyl (C=O) groups excluding carboxylic acids is 1. The molecule has 162 valence electrons. The van der Waals surface area contributed by atoms with E-state index in [2.05, 4.69) is 20.4 Å². The Morgan fingerprint density at radius 1 is 1.26 bits per heavy atom. The standard InChI is InChI=1S/C22H26N6O3/c1-4-8-17-25-19(31-26-17)12-27-13-23-20-15-9-6-7-10-16(15)28(21(20)22(27)30)11-18(29)24-14(3)5-2/h6-7,9-10,13-14H,4-5,8,11-12H2,1-3H3,(H,24,29). The lowest BCUT2D eigenvalue weighted by atomic mass is 10.2. The van der Waals surface area contributed by atoms with Gasteiger partial charge in [0.05, 0.1) is 11.8 Å². The number of carbonyl (C=O) groups is 1. The van der Waals surface area contributed by atoms with E-state index >= 15 is 0 Å². The molecule has 1 aromatic carbocycles. The largest absolute Gasteiger partial charge is 0.352 e. The van der Waals surface area contributed by atoms with E-state index in [1.165, 1.54) is 10.9 Å². The van der Waals surface area contributed by atoms with Gasteiger partial charge in [-0.05, 0) is 25.8 Å². The number of rotatable bonds is 8. The van der Waals surface area contributed by atoms with Crippen LogP contribution in [0, 0.1) is 0 Å². The second-order valence-corrected chi connectivity index (χ2v) is 7.71. The van der Waals surface area contributed by atoms with E-state index in [1.54, 1.807) is 4.57 Å². The molecule has 4 rings (SSSR count). The van der Waals surface area contributed by atoms with Gasteiger partial charge in [0.15, 0.2) is 5.82 Å². The van der Waals surface area contributed by atoms with Crippen molar-refractivity contribution >= 4 is 27.8 Å². The molecule has 0 aliphatic heterocycles. The normalized spacial score (nSPS) is 12.5. The number of hydrogen-bond donors (Lipinski definition) is 1. The lowest BCUT2D eigenvalue weighted by molar-refractivity contribution is -0.122. The zero-order valence-corrected chi connectivity index (χ0v) is 18.0. The maximum atomic E-state index is 13.4. The van der Waals surface area contributed by atoms with Crippen LogP contribution >= 0.6 is 0 Å². The number of aryl methyl sites for hydroxylation is 1. The van der Waals surface area contributed by atoms with Gasteiger partial charge in [-0.1, -0.05) is 37.2 Å². The monoisotopic (exact) mass is 422 g/mol. The van der Waals surface area contributed by atoms with E-state index in [1.807, 2.05) is 45.0 Å². The molecule has 0 fully saturated rings. The summed E-state index contributed by atoms with van der Waals surface area (Å²) in [6.07, 6.45) is 3.95. The van der Waals surface area contributed by atoms with E-state index in [0.29, 0.717) is 22.7 Å². The molecule has 0 saturated carbocycles. The fraction of sp³-hybridized carbons (Fsp3) is 0.409. The highest BCUT2D eigenvalue weighted by Crippen LogP contribution is 2.25. The van der Waals surface area contributed by atoms with Gasteiger partial charge in [0.2, 0.25) is 11.8 Å². The van der Waals surface area contributed by atoms with E-state index in [9.17, 15) is 9.59 Å². The molecule has 1 amide bonds. The van der Waals surface area contributed by atoms with Gasteiger partial charge in [-0.15, -0.1) is 0 Å². The van der Waals surface area contributed by atoms with E-state index in [0.717, 1.165) is 30.2 Å². The number of para-hydroxylation sites is 1. The van der Waals surface area contributed by atoms with E-state index in [4.69, 9.17) is 4.52 Å². The van der Waals surface area contributed by atoms with Crippen molar-refractivity contribution in [1.82, 2.24) is 29.6 Å². The fourth-order valence-corrected chi connectivity index (χ4v) is 3.62. The van der Waals surface area contributed by atoms with Gasteiger partial charge < -0.3 is 14.4 Å². The smallest absolute Gasteiger partial charge is 0.278 e. The Morgan fingerprint density at radius 2 is 2.06 bits per heavy atom. The van der Waals surface area contributed by atoms with Crippen molar-refractivity contribution in [3.8, 4) is 0 Å². The first kappa shape index (κ1) is 20.8. The molecule has 3 heterocycles. The van der Waals surface area contributed by atoms with Crippen molar-refractivity contribution in [3.05, 3.63) is 52.7 Å². The predicted molar refractivity (Wildman–Crippen MR) is 117 cm³/mol. The van der Waals surface area contributed by atoms with Crippen LogP contribution in [0.1, 0.15) is 45.3 Å². The summed E-state index contributed by atoms with van der Waals surface area (Å²) in [5.41, 5.74) is 1.50. The summed E-state index contributed by atoms with van der Waals surface area (Å²) < 4.78 is 8.46. The molecule has 1 unspecified atom stereocenters. The van der Waals surface area contributed by atoms with E-state index in [-0.39, 0.29) is 30.6 Å². The number of benzene rings is 1. The van der Waals surface area contributed by atoms with Crippen LogP contribution in [0.4, 0.5) is 0 Å². The Balaban J connectivity index is 1.78. The Kier molecular flexibility index (Phi) is 5.83. The van der Waals surface area contributed by atoms with Crippen molar-refractivity contribution in [3.63, 3.8) is 0 Å². The molecule has 9 nitrogen and oxygen atoms in total. The van der Waals surface area contributed by atoms with Crippen LogP contribution in [0.2, 0.25) is 0 Å². The average molecular weight is 422 g/mol. The third-order valence-electron chi connectivity index (χ3n) is 5.34. The summed E-state index contributed by atoms with van der Waals surface area (Å²) in [4.78, 5) is 34.9. The number of fused-ring (bicyclic) bond motifs is 3. The molecule has 3 aromatic heterocycles. The van der Waals surface area contributed by atoms with Gasteiger partial charge in [-0.3, -0.25) is 14.2 Å². The maximum absolute atomic E-state index is 13.4. The molecule has 0 bridgehead atoms. The minimum absolute atomic E-state index is 0.0382. The second-order valence-electron chi connectivity index (χ2n) is 7.71. The van der Waals surface area contributed by atoms with Gasteiger partial charge in [0.1, 0.15) is 24.1 Å². The fourth-order valence-electron chi connectivity index (χ4n) is 3.62. The Bertz CT molecular complexity index is 1290. The average Bonchev–Trinajstić information content (AvgIpc) is 3.33. The van der Waals surface area contributed by atoms with E-state index < -0.39 is 0 Å². The molecular weight excluding hydrogens is 396 g/mol. The lowest BCUT2D eigenvalue weighted by Gasteiger charge is -2.13. The van der Waals surface area contributed by atoms with Crippen molar-refractivity contribution in [2.24, 2.45) is 0 Å². The number of amides is 1. The summed E-state index contributed by atoms with van der Waals surface area (Å²) in [5.74, 6) is 0.826. The topological polar surface area (TPSA) is 108 Å². The quantitative estimate of drug-likeness (QED) is 0.468. The summed E-state index contributed by atoms with van der Waals surface area (Å²) in [5, 5.41) is 7.74. The Hall–Kier alpha value is -3.49. The first-order chi connectivity index (χ1) is 15.0. The molecule has 4 aromatic rings. The van der Waals surface area contributed by atoms with Crippen molar-refractivity contribution in [1.29, 1.82) is 0 Å². The molecule has 1 N–H and O–H groups in total. The highest BCUT2D eigenvalue weighted by atomic mass is 16.5. The van der Waals surface area contributed by atoms with Crippen LogP contribution in [-0.4, -0.2) is 36.2 Å². The van der Waals surface area contributed by atoms with Gasteiger partial charge in [-0.2, -0.15) is 4.98 Å².